The van der Waals surface area contributed by atoms with Crippen LogP contribution in [-0.4, -0.2) is 22.5 Å². The van der Waals surface area contributed by atoms with Crippen molar-refractivity contribution in [2.75, 3.05) is 0 Å². The topological polar surface area (TPSA) is 66.4 Å². The number of hydrogen-bond donors (Lipinski definition) is 2. The third-order valence-corrected chi connectivity index (χ3v) is 2.83. The molecule has 6 heteroatoms. The Hall–Kier alpha value is -1.62. The lowest BCUT2D eigenvalue weighted by molar-refractivity contribution is -0.137. The van der Waals surface area contributed by atoms with Crippen molar-refractivity contribution >= 4 is 23.5 Å². The van der Waals surface area contributed by atoms with Crippen LogP contribution in [0.15, 0.2) is 18.2 Å². The van der Waals surface area contributed by atoms with E-state index < -0.39 is 23.2 Å². The lowest BCUT2D eigenvalue weighted by Gasteiger charge is -2.25. The summed E-state index contributed by atoms with van der Waals surface area (Å²) in [6.07, 6.45) is 0.180. The van der Waals surface area contributed by atoms with Crippen LogP contribution in [0.3, 0.4) is 0 Å². The van der Waals surface area contributed by atoms with E-state index in [2.05, 4.69) is 5.32 Å². The normalized spacial score (nSPS) is 11.2. The highest BCUT2D eigenvalue weighted by Crippen LogP contribution is 2.17. The second kappa shape index (κ2) is 6.02. The van der Waals surface area contributed by atoms with Gasteiger partial charge >= 0.3 is 5.97 Å². The molecular weight excluding hydrogens is 273 g/mol. The zero-order valence-corrected chi connectivity index (χ0v) is 11.4. The Morgan fingerprint density at radius 2 is 2.05 bits per heavy atom. The Morgan fingerprint density at radius 3 is 2.58 bits per heavy atom. The number of aliphatic carboxylic acids is 1. The zero-order chi connectivity index (χ0) is 14.6. The van der Waals surface area contributed by atoms with E-state index in [0.717, 1.165) is 6.07 Å². The maximum Gasteiger partial charge on any atom is 0.303 e. The fourth-order valence-corrected chi connectivity index (χ4v) is 1.69. The molecule has 19 heavy (non-hydrogen) atoms. The molecule has 4 nitrogen and oxygen atoms in total. The van der Waals surface area contributed by atoms with Gasteiger partial charge in [-0.3, -0.25) is 9.59 Å². The van der Waals surface area contributed by atoms with Crippen molar-refractivity contribution in [1.82, 2.24) is 5.32 Å². The zero-order valence-electron chi connectivity index (χ0n) is 10.7. The van der Waals surface area contributed by atoms with Crippen LogP contribution in [0.25, 0.3) is 0 Å². The van der Waals surface area contributed by atoms with Gasteiger partial charge in [0.05, 0.1) is 5.56 Å². The van der Waals surface area contributed by atoms with Crippen LogP contribution >= 0.6 is 11.6 Å². The molecule has 104 valence electrons. The Labute approximate surface area is 115 Å². The molecule has 1 aromatic rings. The highest BCUT2D eigenvalue weighted by atomic mass is 35.5. The molecule has 1 amide bonds. The van der Waals surface area contributed by atoms with Crippen molar-refractivity contribution in [3.8, 4) is 0 Å². The number of carbonyl (C=O) groups is 2. The molecule has 0 spiro atoms. The van der Waals surface area contributed by atoms with Crippen molar-refractivity contribution in [3.63, 3.8) is 0 Å². The summed E-state index contributed by atoms with van der Waals surface area (Å²) < 4.78 is 13.6. The van der Waals surface area contributed by atoms with Crippen LogP contribution in [0.4, 0.5) is 4.39 Å². The van der Waals surface area contributed by atoms with Crippen molar-refractivity contribution in [1.29, 1.82) is 0 Å². The minimum Gasteiger partial charge on any atom is -0.481 e. The van der Waals surface area contributed by atoms with E-state index >= 15 is 0 Å². The van der Waals surface area contributed by atoms with Crippen LogP contribution in [0, 0.1) is 5.82 Å². The van der Waals surface area contributed by atoms with Gasteiger partial charge in [0.2, 0.25) is 0 Å². The van der Waals surface area contributed by atoms with E-state index in [1.807, 2.05) is 0 Å². The van der Waals surface area contributed by atoms with Crippen molar-refractivity contribution < 1.29 is 19.1 Å². The van der Waals surface area contributed by atoms with Crippen LogP contribution < -0.4 is 5.32 Å². The Kier molecular flexibility index (Phi) is 4.89. The third-order valence-electron chi connectivity index (χ3n) is 2.59. The van der Waals surface area contributed by atoms with Crippen molar-refractivity contribution in [2.24, 2.45) is 0 Å². The first-order valence-electron chi connectivity index (χ1n) is 5.70. The summed E-state index contributed by atoms with van der Waals surface area (Å²) in [7, 11) is 0. The summed E-state index contributed by atoms with van der Waals surface area (Å²) in [6, 6.07) is 3.77. The lowest BCUT2D eigenvalue weighted by atomic mass is 9.97. The summed E-state index contributed by atoms with van der Waals surface area (Å²) in [4.78, 5) is 22.4. The van der Waals surface area contributed by atoms with Gasteiger partial charge in [-0.1, -0.05) is 11.6 Å². The summed E-state index contributed by atoms with van der Waals surface area (Å²) in [5, 5.41) is 11.4. The molecule has 0 fully saturated rings. The number of amides is 1. The second-order valence-electron chi connectivity index (χ2n) is 4.86. The first-order chi connectivity index (χ1) is 8.71. The highest BCUT2D eigenvalue weighted by molar-refractivity contribution is 6.30. The standard InChI is InChI=1S/C13H15ClFNO3/c1-13(2,6-5-11(17)18)16-12(19)9-4-3-8(14)7-10(9)15/h3-4,7H,5-6H2,1-2H3,(H,16,19)(H,17,18). The van der Waals surface area contributed by atoms with Crippen LogP contribution in [0.2, 0.25) is 5.02 Å². The highest BCUT2D eigenvalue weighted by Gasteiger charge is 2.23. The van der Waals surface area contributed by atoms with Gasteiger partial charge in [-0.05, 0) is 38.5 Å². The molecule has 0 aliphatic carbocycles. The van der Waals surface area contributed by atoms with Crippen molar-refractivity contribution in [3.05, 3.63) is 34.6 Å². The Balaban J connectivity index is 2.75. The summed E-state index contributed by atoms with van der Waals surface area (Å²) in [5.41, 5.74) is -0.852. The first-order valence-corrected chi connectivity index (χ1v) is 6.08. The van der Waals surface area contributed by atoms with Gasteiger partial charge in [0.15, 0.2) is 0 Å². The van der Waals surface area contributed by atoms with Crippen LogP contribution in [0.1, 0.15) is 37.0 Å². The van der Waals surface area contributed by atoms with Crippen molar-refractivity contribution in [2.45, 2.75) is 32.2 Å². The number of carbonyl (C=O) groups excluding carboxylic acids is 1. The molecule has 0 radical (unpaired) electrons. The summed E-state index contributed by atoms with van der Waals surface area (Å²) in [5.74, 6) is -2.25. The summed E-state index contributed by atoms with van der Waals surface area (Å²) in [6.45, 7) is 3.36. The molecule has 0 saturated heterocycles. The molecule has 0 atom stereocenters. The maximum absolute atomic E-state index is 13.6. The quantitative estimate of drug-likeness (QED) is 0.875. The minimum atomic E-state index is -0.944. The number of hydrogen-bond acceptors (Lipinski definition) is 2. The smallest absolute Gasteiger partial charge is 0.303 e. The molecule has 0 aromatic heterocycles. The predicted molar refractivity (Wildman–Crippen MR) is 69.8 cm³/mol. The number of rotatable bonds is 5. The molecule has 0 heterocycles. The molecule has 1 aromatic carbocycles. The van der Waals surface area contributed by atoms with E-state index in [9.17, 15) is 14.0 Å². The predicted octanol–water partition coefficient (Wildman–Crippen LogP) is 2.85. The fourth-order valence-electron chi connectivity index (χ4n) is 1.53. The van der Waals surface area contributed by atoms with Gasteiger partial charge < -0.3 is 10.4 Å². The van der Waals surface area contributed by atoms with Gasteiger partial charge in [0.1, 0.15) is 5.82 Å². The minimum absolute atomic E-state index is 0.0730. The molecular formula is C13H15ClFNO3. The average molecular weight is 288 g/mol. The monoisotopic (exact) mass is 287 g/mol. The molecule has 0 bridgehead atoms. The number of carboxylic acid groups (broad SMARTS) is 1. The first kappa shape index (κ1) is 15.4. The molecule has 0 unspecified atom stereocenters. The SMILES string of the molecule is CC(C)(CCC(=O)O)NC(=O)c1ccc(Cl)cc1F. The molecule has 0 aliphatic rings. The van der Waals surface area contributed by atoms with E-state index in [4.69, 9.17) is 16.7 Å². The number of benzene rings is 1. The van der Waals surface area contributed by atoms with Crippen LogP contribution in [0.5, 0.6) is 0 Å². The van der Waals surface area contributed by atoms with Gasteiger partial charge in [-0.15, -0.1) is 0 Å². The van der Waals surface area contributed by atoms with E-state index in [-0.39, 0.29) is 23.4 Å². The van der Waals surface area contributed by atoms with E-state index in [1.165, 1.54) is 12.1 Å². The Morgan fingerprint density at radius 1 is 1.42 bits per heavy atom. The van der Waals surface area contributed by atoms with Gasteiger partial charge in [-0.2, -0.15) is 0 Å². The number of nitrogens with one attached hydrogen (secondary N) is 1. The Bertz CT molecular complexity index is 503. The van der Waals surface area contributed by atoms with Gasteiger partial charge in [0, 0.05) is 17.0 Å². The van der Waals surface area contributed by atoms with Crippen LogP contribution in [-0.2, 0) is 4.79 Å². The average Bonchev–Trinajstić information content (AvgIpc) is 2.25. The second-order valence-corrected chi connectivity index (χ2v) is 5.29. The third kappa shape index (κ3) is 4.87. The van der Waals surface area contributed by atoms with E-state index in [1.54, 1.807) is 13.8 Å². The lowest BCUT2D eigenvalue weighted by Crippen LogP contribution is -2.44. The maximum atomic E-state index is 13.6. The molecule has 0 aliphatic heterocycles. The largest absolute Gasteiger partial charge is 0.481 e. The van der Waals surface area contributed by atoms with E-state index in [0.29, 0.717) is 0 Å². The summed E-state index contributed by atoms with van der Waals surface area (Å²) >= 11 is 5.60. The molecule has 0 saturated carbocycles. The number of carboxylic acids is 1. The fraction of sp³-hybridized carbons (Fsp3) is 0.385. The molecule has 2 N–H and O–H groups in total. The molecule has 1 rings (SSSR count). The van der Waals surface area contributed by atoms with Gasteiger partial charge in [-0.25, -0.2) is 4.39 Å². The number of halogens is 2. The van der Waals surface area contributed by atoms with Gasteiger partial charge in [0.25, 0.3) is 5.91 Å².